The van der Waals surface area contributed by atoms with E-state index in [1.54, 1.807) is 11.3 Å². The lowest BCUT2D eigenvalue weighted by atomic mass is 9.86. The molecular formula is C15H17N3S. The molecule has 0 bridgehead atoms. The second-order valence-electron chi connectivity index (χ2n) is 5.60. The third-order valence-corrected chi connectivity index (χ3v) is 5.14. The van der Waals surface area contributed by atoms with E-state index in [1.165, 1.54) is 18.2 Å². The maximum atomic E-state index is 4.71. The van der Waals surface area contributed by atoms with Crippen LogP contribution in [-0.4, -0.2) is 23.1 Å². The predicted molar refractivity (Wildman–Crippen MR) is 79.7 cm³/mol. The Morgan fingerprint density at radius 1 is 1.16 bits per heavy atom. The van der Waals surface area contributed by atoms with Crippen LogP contribution in [0.2, 0.25) is 0 Å². The van der Waals surface area contributed by atoms with Gasteiger partial charge in [-0.2, -0.15) is 0 Å². The summed E-state index contributed by atoms with van der Waals surface area (Å²) in [5.74, 6) is 3.67. The molecule has 4 rings (SSSR count). The van der Waals surface area contributed by atoms with Gasteiger partial charge in [-0.05, 0) is 43.0 Å². The van der Waals surface area contributed by atoms with Crippen LogP contribution in [0.4, 0.5) is 5.82 Å². The van der Waals surface area contributed by atoms with Crippen molar-refractivity contribution in [1.29, 1.82) is 0 Å². The lowest BCUT2D eigenvalue weighted by Crippen LogP contribution is -2.21. The van der Waals surface area contributed by atoms with Crippen LogP contribution in [-0.2, 0) is 0 Å². The average molecular weight is 271 g/mol. The first-order chi connectivity index (χ1) is 9.31. The SMILES string of the molecule is Cc1nc(N2C[C@H]3CC=CC[C@H]3C2)c2ccsc2n1. The summed E-state index contributed by atoms with van der Waals surface area (Å²) in [6.45, 7) is 4.29. The van der Waals surface area contributed by atoms with Crippen LogP contribution >= 0.6 is 11.3 Å². The molecule has 0 spiro atoms. The molecule has 2 atom stereocenters. The monoisotopic (exact) mass is 271 g/mol. The van der Waals surface area contributed by atoms with E-state index in [2.05, 4.69) is 33.5 Å². The summed E-state index contributed by atoms with van der Waals surface area (Å²) in [4.78, 5) is 12.8. The molecule has 1 saturated heterocycles. The first kappa shape index (κ1) is 11.4. The van der Waals surface area contributed by atoms with Gasteiger partial charge in [-0.15, -0.1) is 11.3 Å². The Labute approximate surface area is 117 Å². The predicted octanol–water partition coefficient (Wildman–Crippen LogP) is 3.40. The first-order valence-corrected chi connectivity index (χ1v) is 7.81. The normalized spacial score (nSPS) is 26.1. The van der Waals surface area contributed by atoms with Crippen molar-refractivity contribution in [2.24, 2.45) is 11.8 Å². The largest absolute Gasteiger partial charge is 0.355 e. The Morgan fingerprint density at radius 3 is 2.63 bits per heavy atom. The van der Waals surface area contributed by atoms with Crippen molar-refractivity contribution in [3.8, 4) is 0 Å². The van der Waals surface area contributed by atoms with Gasteiger partial charge in [0.05, 0.1) is 5.39 Å². The summed E-state index contributed by atoms with van der Waals surface area (Å²) < 4.78 is 0. The zero-order valence-corrected chi connectivity index (χ0v) is 11.9. The van der Waals surface area contributed by atoms with Crippen molar-refractivity contribution in [3.63, 3.8) is 0 Å². The first-order valence-electron chi connectivity index (χ1n) is 6.93. The number of aryl methyl sites for hydroxylation is 1. The van der Waals surface area contributed by atoms with Crippen LogP contribution in [0.1, 0.15) is 18.7 Å². The standard InChI is InChI=1S/C15H17N3S/c1-10-16-14(13-6-7-19-15(13)17-10)18-8-11-4-2-3-5-12(11)9-18/h2-3,6-7,11-12H,4-5,8-9H2,1H3/t11-,12+. The zero-order valence-electron chi connectivity index (χ0n) is 11.0. The molecule has 2 aromatic heterocycles. The lowest BCUT2D eigenvalue weighted by Gasteiger charge is -2.18. The summed E-state index contributed by atoms with van der Waals surface area (Å²) in [6, 6.07) is 2.16. The molecule has 0 radical (unpaired) electrons. The van der Waals surface area contributed by atoms with Crippen LogP contribution in [0.15, 0.2) is 23.6 Å². The number of thiophene rings is 1. The highest BCUT2D eigenvalue weighted by Crippen LogP contribution is 2.37. The van der Waals surface area contributed by atoms with Gasteiger partial charge in [0.1, 0.15) is 16.5 Å². The number of fused-ring (bicyclic) bond motifs is 2. The van der Waals surface area contributed by atoms with Gasteiger partial charge in [0.2, 0.25) is 0 Å². The summed E-state index contributed by atoms with van der Waals surface area (Å²) in [6.07, 6.45) is 7.15. The van der Waals surface area contributed by atoms with Gasteiger partial charge in [-0.25, -0.2) is 9.97 Å². The van der Waals surface area contributed by atoms with E-state index < -0.39 is 0 Å². The average Bonchev–Trinajstić information content (AvgIpc) is 3.03. The molecule has 0 N–H and O–H groups in total. The fourth-order valence-electron chi connectivity index (χ4n) is 3.37. The van der Waals surface area contributed by atoms with Crippen molar-refractivity contribution in [1.82, 2.24) is 9.97 Å². The lowest BCUT2D eigenvalue weighted by molar-refractivity contribution is 0.411. The molecule has 0 unspecified atom stereocenters. The van der Waals surface area contributed by atoms with Gasteiger partial charge >= 0.3 is 0 Å². The summed E-state index contributed by atoms with van der Waals surface area (Å²) in [5, 5.41) is 3.34. The van der Waals surface area contributed by atoms with Crippen molar-refractivity contribution < 1.29 is 0 Å². The molecule has 3 nitrogen and oxygen atoms in total. The van der Waals surface area contributed by atoms with E-state index in [0.29, 0.717) is 0 Å². The van der Waals surface area contributed by atoms with Crippen LogP contribution in [0.3, 0.4) is 0 Å². The van der Waals surface area contributed by atoms with Crippen molar-refractivity contribution in [2.75, 3.05) is 18.0 Å². The van der Waals surface area contributed by atoms with Crippen molar-refractivity contribution in [2.45, 2.75) is 19.8 Å². The fourth-order valence-corrected chi connectivity index (χ4v) is 4.18. The Balaban J connectivity index is 1.73. The van der Waals surface area contributed by atoms with Crippen LogP contribution in [0.5, 0.6) is 0 Å². The molecule has 1 aliphatic heterocycles. The second kappa shape index (κ2) is 4.30. The molecule has 2 aliphatic rings. The smallest absolute Gasteiger partial charge is 0.141 e. The molecule has 3 heterocycles. The highest BCUT2D eigenvalue weighted by molar-refractivity contribution is 7.16. The minimum atomic E-state index is 0.814. The number of rotatable bonds is 1. The molecule has 1 fully saturated rings. The third-order valence-electron chi connectivity index (χ3n) is 4.34. The van der Waals surface area contributed by atoms with Gasteiger partial charge in [0, 0.05) is 13.1 Å². The van der Waals surface area contributed by atoms with E-state index in [-0.39, 0.29) is 0 Å². The molecule has 0 saturated carbocycles. The fraction of sp³-hybridized carbons (Fsp3) is 0.467. The minimum Gasteiger partial charge on any atom is -0.355 e. The molecule has 0 aromatic carbocycles. The zero-order chi connectivity index (χ0) is 12.8. The van der Waals surface area contributed by atoms with Crippen molar-refractivity contribution >= 4 is 27.4 Å². The van der Waals surface area contributed by atoms with E-state index in [0.717, 1.165) is 41.4 Å². The number of hydrogen-bond acceptors (Lipinski definition) is 4. The number of hydrogen-bond donors (Lipinski definition) is 0. The summed E-state index contributed by atoms with van der Waals surface area (Å²) >= 11 is 1.71. The molecule has 1 aliphatic carbocycles. The molecule has 2 aromatic rings. The van der Waals surface area contributed by atoms with Gasteiger partial charge in [-0.1, -0.05) is 12.2 Å². The molecule has 0 amide bonds. The Bertz CT molecular complexity index is 630. The number of allylic oxidation sites excluding steroid dienone is 2. The summed E-state index contributed by atoms with van der Waals surface area (Å²) in [7, 11) is 0. The van der Waals surface area contributed by atoms with Crippen LogP contribution in [0.25, 0.3) is 10.2 Å². The number of aromatic nitrogens is 2. The Kier molecular flexibility index (Phi) is 2.58. The van der Waals surface area contributed by atoms with Gasteiger partial charge in [0.15, 0.2) is 0 Å². The molecule has 19 heavy (non-hydrogen) atoms. The van der Waals surface area contributed by atoms with Crippen LogP contribution in [0, 0.1) is 18.8 Å². The Morgan fingerprint density at radius 2 is 1.89 bits per heavy atom. The quantitative estimate of drug-likeness (QED) is 0.744. The molecular weight excluding hydrogens is 254 g/mol. The van der Waals surface area contributed by atoms with Gasteiger partial charge in [0.25, 0.3) is 0 Å². The minimum absolute atomic E-state index is 0.814. The van der Waals surface area contributed by atoms with E-state index in [1.807, 2.05) is 6.92 Å². The summed E-state index contributed by atoms with van der Waals surface area (Å²) in [5.41, 5.74) is 0. The number of nitrogens with zero attached hydrogens (tertiary/aromatic N) is 3. The van der Waals surface area contributed by atoms with E-state index in [9.17, 15) is 0 Å². The second-order valence-corrected chi connectivity index (χ2v) is 6.50. The maximum absolute atomic E-state index is 4.71. The van der Waals surface area contributed by atoms with E-state index in [4.69, 9.17) is 4.98 Å². The van der Waals surface area contributed by atoms with E-state index >= 15 is 0 Å². The van der Waals surface area contributed by atoms with Crippen LogP contribution < -0.4 is 4.90 Å². The molecule has 4 heteroatoms. The third kappa shape index (κ3) is 1.86. The highest BCUT2D eigenvalue weighted by Gasteiger charge is 2.34. The van der Waals surface area contributed by atoms with Gasteiger partial charge < -0.3 is 4.90 Å². The Hall–Kier alpha value is -1.42. The van der Waals surface area contributed by atoms with Crippen molar-refractivity contribution in [3.05, 3.63) is 29.4 Å². The van der Waals surface area contributed by atoms with Gasteiger partial charge in [-0.3, -0.25) is 0 Å². The highest BCUT2D eigenvalue weighted by atomic mass is 32.1. The number of anilines is 1. The maximum Gasteiger partial charge on any atom is 0.141 e. The topological polar surface area (TPSA) is 29.0 Å². The molecule has 98 valence electrons.